The second kappa shape index (κ2) is 7.88. The van der Waals surface area contributed by atoms with Crippen molar-refractivity contribution in [3.8, 4) is 11.5 Å². The van der Waals surface area contributed by atoms with Gasteiger partial charge in [0, 0.05) is 19.3 Å². The Hall–Kier alpha value is -2.76. The number of nitrogens with zero attached hydrogens (tertiary/aromatic N) is 1. The van der Waals surface area contributed by atoms with Crippen LogP contribution in [0.15, 0.2) is 36.5 Å². The lowest BCUT2D eigenvalue weighted by Gasteiger charge is -2.25. The summed E-state index contributed by atoms with van der Waals surface area (Å²) in [4.78, 5) is 16.6. The van der Waals surface area contributed by atoms with E-state index in [0.29, 0.717) is 31.9 Å². The number of amides is 1. The van der Waals surface area contributed by atoms with Crippen molar-refractivity contribution in [2.45, 2.75) is 13.3 Å². The van der Waals surface area contributed by atoms with Gasteiger partial charge < -0.3 is 20.1 Å². The number of rotatable bonds is 6. The number of methoxy groups -OCH3 is 1. The first-order chi connectivity index (χ1) is 12.2. The molecule has 1 aliphatic heterocycles. The largest absolute Gasteiger partial charge is 0.493 e. The highest BCUT2D eigenvalue weighted by molar-refractivity contribution is 5.79. The normalized spacial score (nSPS) is 15.7. The number of hydrogen-bond donors (Lipinski definition) is 2. The summed E-state index contributed by atoms with van der Waals surface area (Å²) >= 11 is 0. The Morgan fingerprint density at radius 3 is 3.04 bits per heavy atom. The number of anilines is 1. The standard InChI is InChI=1S/C19H23N3O3/c1-13-6-7-20-17(10-13)21-8-9-22-19(23)15-11-14-4-3-5-16(24-2)18(14)25-12-15/h3-7,10,15H,8-9,11-12H2,1-2H3,(H,20,21)(H,22,23). The van der Waals surface area contributed by atoms with E-state index < -0.39 is 0 Å². The van der Waals surface area contributed by atoms with E-state index in [2.05, 4.69) is 15.6 Å². The number of nitrogens with one attached hydrogen (secondary N) is 2. The zero-order chi connectivity index (χ0) is 17.6. The van der Waals surface area contributed by atoms with Crippen LogP contribution in [0.5, 0.6) is 11.5 Å². The number of fused-ring (bicyclic) bond motifs is 1. The van der Waals surface area contributed by atoms with E-state index >= 15 is 0 Å². The average molecular weight is 341 g/mol. The lowest BCUT2D eigenvalue weighted by atomic mass is 9.95. The van der Waals surface area contributed by atoms with Gasteiger partial charge in [-0.3, -0.25) is 4.79 Å². The van der Waals surface area contributed by atoms with Gasteiger partial charge in [0.25, 0.3) is 0 Å². The summed E-state index contributed by atoms with van der Waals surface area (Å²) in [7, 11) is 1.62. The minimum atomic E-state index is -0.184. The summed E-state index contributed by atoms with van der Waals surface area (Å²) in [5.41, 5.74) is 2.16. The molecule has 1 atom stereocenters. The van der Waals surface area contributed by atoms with E-state index in [9.17, 15) is 4.79 Å². The third-order valence-corrected chi connectivity index (χ3v) is 4.19. The maximum atomic E-state index is 12.4. The first kappa shape index (κ1) is 17.1. The van der Waals surface area contributed by atoms with Gasteiger partial charge in [0.1, 0.15) is 12.4 Å². The molecule has 0 saturated heterocycles. The Kier molecular flexibility index (Phi) is 5.38. The molecule has 1 amide bonds. The lowest BCUT2D eigenvalue weighted by molar-refractivity contribution is -0.126. The molecule has 3 rings (SSSR count). The maximum absolute atomic E-state index is 12.4. The number of ether oxygens (including phenoxy) is 2. The first-order valence-corrected chi connectivity index (χ1v) is 8.40. The molecule has 1 aromatic heterocycles. The van der Waals surface area contributed by atoms with Crippen LogP contribution in [0.3, 0.4) is 0 Å². The van der Waals surface area contributed by atoms with Crippen LogP contribution in [0.1, 0.15) is 11.1 Å². The Morgan fingerprint density at radius 1 is 1.36 bits per heavy atom. The minimum absolute atomic E-state index is 0.00692. The number of aryl methyl sites for hydroxylation is 1. The van der Waals surface area contributed by atoms with E-state index in [-0.39, 0.29) is 11.8 Å². The molecule has 0 fully saturated rings. The number of aromatic nitrogens is 1. The SMILES string of the molecule is COc1cccc2c1OCC(C(=O)NCCNc1cc(C)ccn1)C2. The number of carbonyl (C=O) groups is 1. The predicted molar refractivity (Wildman–Crippen MR) is 96.2 cm³/mol. The van der Waals surface area contributed by atoms with Crippen LogP contribution < -0.4 is 20.1 Å². The molecule has 2 heterocycles. The molecular formula is C19H23N3O3. The summed E-state index contributed by atoms with van der Waals surface area (Å²) < 4.78 is 11.1. The van der Waals surface area contributed by atoms with Gasteiger partial charge in [0.2, 0.25) is 5.91 Å². The molecule has 2 N–H and O–H groups in total. The lowest BCUT2D eigenvalue weighted by Crippen LogP contribution is -2.39. The second-order valence-corrected chi connectivity index (χ2v) is 6.10. The molecule has 0 bridgehead atoms. The van der Waals surface area contributed by atoms with Crippen LogP contribution in [-0.4, -0.2) is 37.7 Å². The van der Waals surface area contributed by atoms with Crippen molar-refractivity contribution in [2.24, 2.45) is 5.92 Å². The second-order valence-electron chi connectivity index (χ2n) is 6.10. The third kappa shape index (κ3) is 4.21. The van der Waals surface area contributed by atoms with Gasteiger partial charge in [0.05, 0.1) is 13.0 Å². The Morgan fingerprint density at radius 2 is 2.24 bits per heavy atom. The number of hydrogen-bond acceptors (Lipinski definition) is 5. The van der Waals surface area contributed by atoms with Gasteiger partial charge in [-0.25, -0.2) is 4.98 Å². The molecule has 0 aliphatic carbocycles. The van der Waals surface area contributed by atoms with Crippen LogP contribution >= 0.6 is 0 Å². The molecule has 1 aliphatic rings. The highest BCUT2D eigenvalue weighted by atomic mass is 16.5. The van der Waals surface area contributed by atoms with Gasteiger partial charge in [-0.2, -0.15) is 0 Å². The number of benzene rings is 1. The van der Waals surface area contributed by atoms with Crippen molar-refractivity contribution < 1.29 is 14.3 Å². The van der Waals surface area contributed by atoms with Gasteiger partial charge in [-0.1, -0.05) is 12.1 Å². The molecule has 0 spiro atoms. The summed E-state index contributed by atoms with van der Waals surface area (Å²) in [6, 6.07) is 9.68. The van der Waals surface area contributed by atoms with Crippen LogP contribution in [0, 0.1) is 12.8 Å². The predicted octanol–water partition coefficient (Wildman–Crippen LogP) is 2.18. The van der Waals surface area contributed by atoms with Gasteiger partial charge in [-0.15, -0.1) is 0 Å². The fraction of sp³-hybridized carbons (Fsp3) is 0.368. The van der Waals surface area contributed by atoms with Crippen LogP contribution in [0.2, 0.25) is 0 Å². The molecule has 132 valence electrons. The minimum Gasteiger partial charge on any atom is -0.493 e. The van der Waals surface area contributed by atoms with E-state index in [0.717, 1.165) is 22.7 Å². The molecular weight excluding hydrogens is 318 g/mol. The fourth-order valence-electron chi connectivity index (χ4n) is 2.88. The topological polar surface area (TPSA) is 72.5 Å². The summed E-state index contributed by atoms with van der Waals surface area (Å²) in [5.74, 6) is 2.10. The van der Waals surface area contributed by atoms with Gasteiger partial charge in [0.15, 0.2) is 11.5 Å². The zero-order valence-corrected chi connectivity index (χ0v) is 14.5. The average Bonchev–Trinajstić information content (AvgIpc) is 2.64. The fourth-order valence-corrected chi connectivity index (χ4v) is 2.88. The monoisotopic (exact) mass is 341 g/mol. The molecule has 0 saturated carbocycles. The van der Waals surface area contributed by atoms with E-state index in [1.165, 1.54) is 0 Å². The van der Waals surface area contributed by atoms with Crippen molar-refractivity contribution in [1.82, 2.24) is 10.3 Å². The smallest absolute Gasteiger partial charge is 0.226 e. The van der Waals surface area contributed by atoms with Crippen molar-refractivity contribution in [3.63, 3.8) is 0 Å². The van der Waals surface area contributed by atoms with Crippen molar-refractivity contribution in [1.29, 1.82) is 0 Å². The van der Waals surface area contributed by atoms with Crippen LogP contribution in [0.25, 0.3) is 0 Å². The quantitative estimate of drug-likeness (QED) is 0.788. The first-order valence-electron chi connectivity index (χ1n) is 8.40. The van der Waals surface area contributed by atoms with Crippen molar-refractivity contribution in [3.05, 3.63) is 47.7 Å². The molecule has 6 heteroatoms. The number of para-hydroxylation sites is 1. The Bertz CT molecular complexity index is 748. The van der Waals surface area contributed by atoms with E-state index in [1.807, 2.05) is 37.3 Å². The molecule has 25 heavy (non-hydrogen) atoms. The van der Waals surface area contributed by atoms with Crippen LogP contribution in [-0.2, 0) is 11.2 Å². The molecule has 1 aromatic carbocycles. The highest BCUT2D eigenvalue weighted by Crippen LogP contribution is 2.35. The Labute approximate surface area is 147 Å². The van der Waals surface area contributed by atoms with Crippen LogP contribution in [0.4, 0.5) is 5.82 Å². The number of pyridine rings is 1. The summed E-state index contributed by atoms with van der Waals surface area (Å²) in [5, 5.41) is 6.16. The zero-order valence-electron chi connectivity index (χ0n) is 14.5. The van der Waals surface area contributed by atoms with Crippen molar-refractivity contribution >= 4 is 11.7 Å². The Balaban J connectivity index is 1.47. The van der Waals surface area contributed by atoms with E-state index in [4.69, 9.17) is 9.47 Å². The molecule has 2 aromatic rings. The maximum Gasteiger partial charge on any atom is 0.226 e. The highest BCUT2D eigenvalue weighted by Gasteiger charge is 2.27. The van der Waals surface area contributed by atoms with E-state index in [1.54, 1.807) is 13.3 Å². The summed E-state index contributed by atoms with van der Waals surface area (Å²) in [6.07, 6.45) is 2.42. The molecule has 6 nitrogen and oxygen atoms in total. The van der Waals surface area contributed by atoms with Gasteiger partial charge in [-0.05, 0) is 42.7 Å². The third-order valence-electron chi connectivity index (χ3n) is 4.19. The molecule has 0 radical (unpaired) electrons. The number of carbonyl (C=O) groups excluding carboxylic acids is 1. The molecule has 1 unspecified atom stereocenters. The summed E-state index contributed by atoms with van der Waals surface area (Å²) in [6.45, 7) is 3.55. The van der Waals surface area contributed by atoms with Crippen molar-refractivity contribution in [2.75, 3.05) is 32.1 Å². The van der Waals surface area contributed by atoms with Gasteiger partial charge >= 0.3 is 0 Å².